The molecule has 3 aromatic rings. The van der Waals surface area contributed by atoms with Crippen LogP contribution in [-0.2, 0) is 21.2 Å². The number of carbonyl (C=O) groups is 1. The zero-order valence-electron chi connectivity index (χ0n) is 23.6. The summed E-state index contributed by atoms with van der Waals surface area (Å²) in [7, 11) is -3.83. The molecule has 8 heteroatoms. The lowest BCUT2D eigenvalue weighted by molar-refractivity contribution is -0.135. The van der Waals surface area contributed by atoms with Crippen molar-refractivity contribution in [3.05, 3.63) is 81.5 Å². The molecule has 0 bridgehead atoms. The number of nitrogens with zero attached hydrogens (tertiary/aromatic N) is 2. The highest BCUT2D eigenvalue weighted by molar-refractivity contribution is 7.89. The van der Waals surface area contributed by atoms with Crippen LogP contribution in [0.25, 0.3) is 0 Å². The summed E-state index contributed by atoms with van der Waals surface area (Å²) in [5, 5.41) is 2.06. The van der Waals surface area contributed by atoms with Crippen LogP contribution in [0, 0.1) is 12.8 Å². The van der Waals surface area contributed by atoms with Crippen LogP contribution in [-0.4, -0.2) is 49.8 Å². The minimum absolute atomic E-state index is 0.121. The van der Waals surface area contributed by atoms with Gasteiger partial charge in [-0.25, -0.2) is 8.42 Å². The van der Waals surface area contributed by atoms with Crippen LogP contribution < -0.4 is 4.74 Å². The fraction of sp³-hybridized carbons (Fsp3) is 0.452. The van der Waals surface area contributed by atoms with E-state index < -0.39 is 10.0 Å². The molecular weight excluding hydrogens is 528 g/mol. The third kappa shape index (κ3) is 6.91. The zero-order chi connectivity index (χ0) is 28.2. The summed E-state index contributed by atoms with van der Waals surface area (Å²) >= 11 is 1.70. The summed E-state index contributed by atoms with van der Waals surface area (Å²) in [5.74, 6) is 1.12. The van der Waals surface area contributed by atoms with Crippen LogP contribution >= 0.6 is 11.3 Å². The van der Waals surface area contributed by atoms with Crippen molar-refractivity contribution in [1.82, 2.24) is 9.21 Å². The van der Waals surface area contributed by atoms with Gasteiger partial charge in [0.1, 0.15) is 12.4 Å². The maximum Gasteiger partial charge on any atom is 0.243 e. The molecule has 1 aliphatic heterocycles. The SMILES string of the molecule is CC[C@@H](C)CN(CC(=O)N1CCc2sccc2[C@H]1COc1ccc(C(C)C)cc1)S(=O)(=O)c1ccc(C)cc1. The number of rotatable bonds is 11. The molecule has 2 aromatic carbocycles. The normalized spacial score (nSPS) is 16.4. The molecule has 1 aromatic heterocycles. The minimum Gasteiger partial charge on any atom is -0.491 e. The fourth-order valence-electron chi connectivity index (χ4n) is 4.82. The van der Waals surface area contributed by atoms with Gasteiger partial charge >= 0.3 is 0 Å². The summed E-state index contributed by atoms with van der Waals surface area (Å²) in [4.78, 5) is 17.1. The Hall–Kier alpha value is -2.68. The number of thiophene rings is 1. The molecule has 0 saturated carbocycles. The Balaban J connectivity index is 1.56. The number of fused-ring (bicyclic) bond motifs is 1. The second-order valence-electron chi connectivity index (χ2n) is 10.8. The van der Waals surface area contributed by atoms with Gasteiger partial charge in [0.15, 0.2) is 0 Å². The molecule has 0 unspecified atom stereocenters. The van der Waals surface area contributed by atoms with E-state index in [1.165, 1.54) is 14.7 Å². The molecule has 2 heterocycles. The van der Waals surface area contributed by atoms with Crippen molar-refractivity contribution in [3.8, 4) is 5.75 Å². The van der Waals surface area contributed by atoms with E-state index in [9.17, 15) is 13.2 Å². The summed E-state index contributed by atoms with van der Waals surface area (Å²) < 4.78 is 34.9. The molecular formula is C31H40N2O4S2. The Morgan fingerprint density at radius 2 is 1.77 bits per heavy atom. The van der Waals surface area contributed by atoms with Crippen LogP contribution in [0.2, 0.25) is 0 Å². The van der Waals surface area contributed by atoms with E-state index >= 15 is 0 Å². The fourth-order valence-corrected chi connectivity index (χ4v) is 7.26. The highest BCUT2D eigenvalue weighted by Gasteiger charge is 2.35. The molecule has 1 aliphatic rings. The van der Waals surface area contributed by atoms with Crippen molar-refractivity contribution in [3.63, 3.8) is 0 Å². The maximum absolute atomic E-state index is 13.9. The Morgan fingerprint density at radius 1 is 1.08 bits per heavy atom. The van der Waals surface area contributed by atoms with Crippen molar-refractivity contribution in [2.24, 2.45) is 5.92 Å². The van der Waals surface area contributed by atoms with Crippen LogP contribution in [0.4, 0.5) is 0 Å². The molecule has 210 valence electrons. The predicted octanol–water partition coefficient (Wildman–Crippen LogP) is 6.42. The number of amides is 1. The number of ether oxygens (including phenoxy) is 1. The molecule has 0 spiro atoms. The Morgan fingerprint density at radius 3 is 2.41 bits per heavy atom. The zero-order valence-corrected chi connectivity index (χ0v) is 25.2. The van der Waals surface area contributed by atoms with E-state index in [0.29, 0.717) is 25.6 Å². The lowest BCUT2D eigenvalue weighted by Crippen LogP contribution is -2.48. The largest absolute Gasteiger partial charge is 0.491 e. The first-order valence-electron chi connectivity index (χ1n) is 13.8. The molecule has 0 saturated heterocycles. The molecule has 4 rings (SSSR count). The summed E-state index contributed by atoms with van der Waals surface area (Å²) in [5.41, 5.74) is 3.32. The second kappa shape index (κ2) is 12.7. The van der Waals surface area contributed by atoms with Crippen molar-refractivity contribution in [2.75, 3.05) is 26.2 Å². The minimum atomic E-state index is -3.83. The molecule has 0 radical (unpaired) electrons. The van der Waals surface area contributed by atoms with Crippen molar-refractivity contribution in [1.29, 1.82) is 0 Å². The molecule has 2 atom stereocenters. The smallest absolute Gasteiger partial charge is 0.243 e. The highest BCUT2D eigenvalue weighted by Crippen LogP contribution is 2.34. The molecule has 39 heavy (non-hydrogen) atoms. The average molecular weight is 569 g/mol. The van der Waals surface area contributed by atoms with E-state index in [1.54, 1.807) is 35.6 Å². The van der Waals surface area contributed by atoms with Gasteiger partial charge in [0.2, 0.25) is 15.9 Å². The van der Waals surface area contributed by atoms with E-state index in [4.69, 9.17) is 4.74 Å². The Bertz CT molecular complexity index is 1350. The number of hydrogen-bond acceptors (Lipinski definition) is 5. The number of carbonyl (C=O) groups excluding carboxylic acids is 1. The van der Waals surface area contributed by atoms with Gasteiger partial charge in [0.05, 0.1) is 17.5 Å². The van der Waals surface area contributed by atoms with E-state index in [1.807, 2.05) is 37.8 Å². The number of sulfonamides is 1. The predicted molar refractivity (Wildman–Crippen MR) is 158 cm³/mol. The summed E-state index contributed by atoms with van der Waals surface area (Å²) in [6.07, 6.45) is 1.58. The van der Waals surface area contributed by atoms with Gasteiger partial charge in [-0.2, -0.15) is 4.31 Å². The van der Waals surface area contributed by atoms with Crippen molar-refractivity contribution >= 4 is 27.3 Å². The van der Waals surface area contributed by atoms with Crippen LogP contribution in [0.5, 0.6) is 5.75 Å². The quantitative estimate of drug-likeness (QED) is 0.268. The third-order valence-electron chi connectivity index (χ3n) is 7.55. The summed E-state index contributed by atoms with van der Waals surface area (Å²) in [6.45, 7) is 11.2. The van der Waals surface area contributed by atoms with Crippen LogP contribution in [0.1, 0.15) is 67.6 Å². The first-order chi connectivity index (χ1) is 18.6. The topological polar surface area (TPSA) is 66.9 Å². The standard InChI is InChI=1S/C31H40N2O4S2/c1-6-23(4)19-32(39(35,36)27-13-7-24(5)8-14-27)20-31(34)33-17-15-30-28(16-18-38-30)29(33)21-37-26-11-9-25(10-12-26)22(2)3/h7-14,16,18,22-23,29H,6,15,17,19-21H2,1-5H3/t23-,29-/m1/s1. The van der Waals surface area contributed by atoms with Gasteiger partial charge in [-0.05, 0) is 72.0 Å². The van der Waals surface area contributed by atoms with Gasteiger partial charge in [0, 0.05) is 18.0 Å². The molecule has 6 nitrogen and oxygen atoms in total. The Labute approximate surface area is 237 Å². The number of aryl methyl sites for hydroxylation is 1. The number of benzene rings is 2. The first-order valence-corrected chi connectivity index (χ1v) is 16.1. The van der Waals surface area contributed by atoms with Gasteiger partial charge in [-0.15, -0.1) is 11.3 Å². The van der Waals surface area contributed by atoms with Gasteiger partial charge in [-0.1, -0.05) is 63.9 Å². The van der Waals surface area contributed by atoms with Crippen molar-refractivity contribution in [2.45, 2.75) is 64.3 Å². The monoisotopic (exact) mass is 568 g/mol. The van der Waals surface area contributed by atoms with E-state index in [-0.39, 0.29) is 29.3 Å². The van der Waals surface area contributed by atoms with Gasteiger partial charge in [-0.3, -0.25) is 4.79 Å². The number of hydrogen-bond donors (Lipinski definition) is 0. The third-order valence-corrected chi connectivity index (χ3v) is 10.4. The van der Waals surface area contributed by atoms with Crippen LogP contribution in [0.15, 0.2) is 64.9 Å². The second-order valence-corrected chi connectivity index (χ2v) is 13.7. The molecule has 0 N–H and O–H groups in total. The molecule has 0 fully saturated rings. The van der Waals surface area contributed by atoms with Gasteiger partial charge < -0.3 is 9.64 Å². The first kappa shape index (κ1) is 29.3. The van der Waals surface area contributed by atoms with Crippen molar-refractivity contribution < 1.29 is 17.9 Å². The van der Waals surface area contributed by atoms with E-state index in [2.05, 4.69) is 37.4 Å². The lowest BCUT2D eigenvalue weighted by atomic mass is 10.00. The average Bonchev–Trinajstić information content (AvgIpc) is 3.41. The van der Waals surface area contributed by atoms with E-state index in [0.717, 1.165) is 29.7 Å². The highest BCUT2D eigenvalue weighted by atomic mass is 32.2. The molecule has 1 amide bonds. The maximum atomic E-state index is 13.9. The van der Waals surface area contributed by atoms with Crippen LogP contribution in [0.3, 0.4) is 0 Å². The summed E-state index contributed by atoms with van der Waals surface area (Å²) in [6, 6.07) is 16.7. The lowest BCUT2D eigenvalue weighted by Gasteiger charge is -2.37. The molecule has 0 aliphatic carbocycles. The Kier molecular flexibility index (Phi) is 9.51. The van der Waals surface area contributed by atoms with Gasteiger partial charge in [0.25, 0.3) is 0 Å².